The summed E-state index contributed by atoms with van der Waals surface area (Å²) in [5.74, 6) is -2.21. The maximum Gasteiger partial charge on any atom is 0.307 e. The van der Waals surface area contributed by atoms with Gasteiger partial charge in [-0.05, 0) is 36.8 Å². The number of carbonyl (C=O) groups excluding carboxylic acids is 1. The molecule has 1 aromatic rings. The van der Waals surface area contributed by atoms with Gasteiger partial charge in [0.2, 0.25) is 5.91 Å². The standard InChI is InChI=1S/C16H18N2O3/c1-9-4-2-3-5-12(9)17-18-15(19)13-10-6-7-11(8-10)14(13)16(20)21/h2-7,10-11,13-14,17H,8H2,1H3,(H,18,19)(H,20,21)/t10-,11-,13-,14-/m0/s1. The molecule has 4 atom stereocenters. The Kier molecular flexibility index (Phi) is 3.41. The Balaban J connectivity index is 1.69. The number of hydrogen-bond donors (Lipinski definition) is 3. The molecule has 2 aliphatic carbocycles. The summed E-state index contributed by atoms with van der Waals surface area (Å²) in [5, 5.41) is 9.35. The topological polar surface area (TPSA) is 78.4 Å². The van der Waals surface area contributed by atoms with Gasteiger partial charge in [0, 0.05) is 0 Å². The number of carbonyl (C=O) groups is 2. The molecule has 2 aliphatic rings. The number of amides is 1. The van der Waals surface area contributed by atoms with E-state index in [2.05, 4.69) is 10.9 Å². The number of hydrogen-bond acceptors (Lipinski definition) is 3. The Morgan fingerprint density at radius 1 is 1.14 bits per heavy atom. The summed E-state index contributed by atoms with van der Waals surface area (Å²) in [7, 11) is 0. The van der Waals surface area contributed by atoms with Crippen LogP contribution in [0.1, 0.15) is 12.0 Å². The van der Waals surface area contributed by atoms with E-state index in [4.69, 9.17) is 0 Å². The highest BCUT2D eigenvalue weighted by Gasteiger charge is 2.51. The Morgan fingerprint density at radius 2 is 1.81 bits per heavy atom. The zero-order valence-electron chi connectivity index (χ0n) is 11.7. The monoisotopic (exact) mass is 286 g/mol. The molecule has 5 nitrogen and oxygen atoms in total. The van der Waals surface area contributed by atoms with Crippen LogP contribution in [0.25, 0.3) is 0 Å². The van der Waals surface area contributed by atoms with Crippen molar-refractivity contribution < 1.29 is 14.7 Å². The lowest BCUT2D eigenvalue weighted by Gasteiger charge is -2.24. The highest BCUT2D eigenvalue weighted by molar-refractivity contribution is 5.87. The first-order valence-electron chi connectivity index (χ1n) is 7.10. The van der Waals surface area contributed by atoms with E-state index in [0.717, 1.165) is 17.7 Å². The van der Waals surface area contributed by atoms with Gasteiger partial charge in [-0.2, -0.15) is 0 Å². The lowest BCUT2D eigenvalue weighted by Crippen LogP contribution is -2.42. The van der Waals surface area contributed by atoms with Crippen LogP contribution in [0.15, 0.2) is 36.4 Å². The molecule has 1 aromatic carbocycles. The quantitative estimate of drug-likeness (QED) is 0.584. The number of fused-ring (bicyclic) bond motifs is 2. The van der Waals surface area contributed by atoms with Crippen molar-refractivity contribution in [2.45, 2.75) is 13.3 Å². The molecule has 21 heavy (non-hydrogen) atoms. The summed E-state index contributed by atoms with van der Waals surface area (Å²) in [6.45, 7) is 1.94. The second-order valence-electron chi connectivity index (χ2n) is 5.77. The van der Waals surface area contributed by atoms with Crippen LogP contribution in [0.5, 0.6) is 0 Å². The number of anilines is 1. The van der Waals surface area contributed by atoms with Crippen molar-refractivity contribution in [2.24, 2.45) is 23.7 Å². The van der Waals surface area contributed by atoms with E-state index in [0.29, 0.717) is 0 Å². The first-order chi connectivity index (χ1) is 10.1. The highest BCUT2D eigenvalue weighted by atomic mass is 16.4. The molecule has 0 radical (unpaired) electrons. The lowest BCUT2D eigenvalue weighted by atomic mass is 9.82. The molecule has 0 aromatic heterocycles. The van der Waals surface area contributed by atoms with Gasteiger partial charge in [0.15, 0.2) is 0 Å². The molecule has 1 amide bonds. The van der Waals surface area contributed by atoms with E-state index in [9.17, 15) is 14.7 Å². The molecule has 0 aliphatic heterocycles. The Hall–Kier alpha value is -2.30. The van der Waals surface area contributed by atoms with E-state index in [1.54, 1.807) is 0 Å². The van der Waals surface area contributed by atoms with Gasteiger partial charge in [-0.15, -0.1) is 0 Å². The molecule has 2 bridgehead atoms. The number of carboxylic acid groups (broad SMARTS) is 1. The molecule has 3 N–H and O–H groups in total. The van der Waals surface area contributed by atoms with Gasteiger partial charge >= 0.3 is 5.97 Å². The Labute approximate surface area is 123 Å². The van der Waals surface area contributed by atoms with Crippen LogP contribution in [-0.4, -0.2) is 17.0 Å². The van der Waals surface area contributed by atoms with Gasteiger partial charge in [-0.1, -0.05) is 30.4 Å². The van der Waals surface area contributed by atoms with Crippen molar-refractivity contribution in [3.63, 3.8) is 0 Å². The zero-order valence-corrected chi connectivity index (χ0v) is 11.7. The molecule has 0 spiro atoms. The average Bonchev–Trinajstić information content (AvgIpc) is 3.06. The number of allylic oxidation sites excluding steroid dienone is 2. The number of benzene rings is 1. The molecule has 5 heteroatoms. The maximum atomic E-state index is 12.4. The molecule has 0 unspecified atom stereocenters. The van der Waals surface area contributed by atoms with E-state index in [1.807, 2.05) is 43.3 Å². The van der Waals surface area contributed by atoms with E-state index < -0.39 is 17.8 Å². The molecule has 1 fully saturated rings. The summed E-state index contributed by atoms with van der Waals surface area (Å²) < 4.78 is 0. The van der Waals surface area contributed by atoms with Crippen LogP contribution in [0.3, 0.4) is 0 Å². The van der Waals surface area contributed by atoms with Crippen molar-refractivity contribution >= 4 is 17.6 Å². The third-order valence-electron chi connectivity index (χ3n) is 4.51. The van der Waals surface area contributed by atoms with Gasteiger partial charge in [-0.3, -0.25) is 20.4 Å². The summed E-state index contributed by atoms with van der Waals surface area (Å²) in [5.41, 5.74) is 7.39. The molecular formula is C16H18N2O3. The molecule has 0 heterocycles. The minimum Gasteiger partial charge on any atom is -0.481 e. The predicted octanol–water partition coefficient (Wildman–Crippen LogP) is 1.96. The van der Waals surface area contributed by atoms with Crippen LogP contribution in [0.4, 0.5) is 5.69 Å². The Morgan fingerprint density at radius 3 is 2.48 bits per heavy atom. The number of hydrazine groups is 1. The SMILES string of the molecule is Cc1ccccc1NNC(=O)[C@@H]1[C@@H](C(=O)O)[C@H]2C=C[C@H]1C2. The van der Waals surface area contributed by atoms with Gasteiger partial charge < -0.3 is 5.11 Å². The van der Waals surface area contributed by atoms with Crippen LogP contribution < -0.4 is 10.9 Å². The molecule has 3 rings (SSSR count). The summed E-state index contributed by atoms with van der Waals surface area (Å²) >= 11 is 0. The van der Waals surface area contributed by atoms with Crippen molar-refractivity contribution in [3.8, 4) is 0 Å². The largest absolute Gasteiger partial charge is 0.481 e. The van der Waals surface area contributed by atoms with Crippen LogP contribution >= 0.6 is 0 Å². The fraction of sp³-hybridized carbons (Fsp3) is 0.375. The number of carboxylic acids is 1. The number of para-hydroxylation sites is 1. The first-order valence-corrected chi connectivity index (χ1v) is 7.10. The fourth-order valence-electron chi connectivity index (χ4n) is 3.44. The Bertz CT molecular complexity index is 611. The summed E-state index contributed by atoms with van der Waals surface area (Å²) in [6.07, 6.45) is 4.67. The van der Waals surface area contributed by atoms with Crippen molar-refractivity contribution in [3.05, 3.63) is 42.0 Å². The normalized spacial score (nSPS) is 29.4. The highest BCUT2D eigenvalue weighted by Crippen LogP contribution is 2.48. The summed E-state index contributed by atoms with van der Waals surface area (Å²) in [4.78, 5) is 23.8. The fourth-order valence-corrected chi connectivity index (χ4v) is 3.44. The van der Waals surface area contributed by atoms with Crippen LogP contribution in [0.2, 0.25) is 0 Å². The van der Waals surface area contributed by atoms with Gasteiger partial charge in [-0.25, -0.2) is 0 Å². The molecule has 1 saturated carbocycles. The minimum atomic E-state index is -0.886. The second kappa shape index (κ2) is 5.24. The lowest BCUT2D eigenvalue weighted by molar-refractivity contribution is -0.147. The predicted molar refractivity (Wildman–Crippen MR) is 78.3 cm³/mol. The van der Waals surface area contributed by atoms with E-state index in [-0.39, 0.29) is 17.7 Å². The van der Waals surface area contributed by atoms with Crippen LogP contribution in [0, 0.1) is 30.6 Å². The third-order valence-corrected chi connectivity index (χ3v) is 4.51. The van der Waals surface area contributed by atoms with Gasteiger partial charge in [0.05, 0.1) is 17.5 Å². The second-order valence-corrected chi connectivity index (χ2v) is 5.77. The number of rotatable bonds is 4. The number of aliphatic carboxylic acids is 1. The van der Waals surface area contributed by atoms with Crippen molar-refractivity contribution in [2.75, 3.05) is 5.43 Å². The summed E-state index contributed by atoms with van der Waals surface area (Å²) in [6, 6.07) is 7.60. The number of aryl methyl sites for hydroxylation is 1. The van der Waals surface area contributed by atoms with Crippen LogP contribution in [-0.2, 0) is 9.59 Å². The zero-order chi connectivity index (χ0) is 15.0. The van der Waals surface area contributed by atoms with Crippen molar-refractivity contribution in [1.29, 1.82) is 0 Å². The smallest absolute Gasteiger partial charge is 0.307 e. The third kappa shape index (κ3) is 2.39. The molecule has 110 valence electrons. The van der Waals surface area contributed by atoms with E-state index in [1.165, 1.54) is 0 Å². The van der Waals surface area contributed by atoms with Crippen molar-refractivity contribution in [1.82, 2.24) is 5.43 Å². The molecule has 0 saturated heterocycles. The van der Waals surface area contributed by atoms with Gasteiger partial charge in [0.25, 0.3) is 0 Å². The first kappa shape index (κ1) is 13.7. The van der Waals surface area contributed by atoms with Gasteiger partial charge in [0.1, 0.15) is 0 Å². The average molecular weight is 286 g/mol. The maximum absolute atomic E-state index is 12.4. The van der Waals surface area contributed by atoms with E-state index >= 15 is 0 Å². The number of nitrogens with one attached hydrogen (secondary N) is 2. The minimum absolute atomic E-state index is 0.0123. The molecular weight excluding hydrogens is 268 g/mol.